The fourth-order valence-corrected chi connectivity index (χ4v) is 4.26. The molecule has 0 saturated carbocycles. The first-order chi connectivity index (χ1) is 9.03. The highest BCUT2D eigenvalue weighted by molar-refractivity contribution is 7.91. The van der Waals surface area contributed by atoms with Crippen LogP contribution in [-0.4, -0.2) is 21.6 Å². The third-order valence-electron chi connectivity index (χ3n) is 2.50. The SMILES string of the molecule is COc1ccsc1S(=O)(=O)NC(C)Cc1ccco1. The highest BCUT2D eigenvalue weighted by Crippen LogP contribution is 2.29. The van der Waals surface area contributed by atoms with E-state index in [9.17, 15) is 8.42 Å². The Kier molecular flexibility index (Phi) is 4.28. The summed E-state index contributed by atoms with van der Waals surface area (Å²) < 4.78 is 37.4. The summed E-state index contributed by atoms with van der Waals surface area (Å²) in [5.41, 5.74) is 0. The highest BCUT2D eigenvalue weighted by Gasteiger charge is 2.23. The van der Waals surface area contributed by atoms with Gasteiger partial charge in [-0.15, -0.1) is 11.3 Å². The summed E-state index contributed by atoms with van der Waals surface area (Å²) in [6.45, 7) is 1.79. The van der Waals surface area contributed by atoms with E-state index in [4.69, 9.17) is 9.15 Å². The van der Waals surface area contributed by atoms with Crippen LogP contribution in [0.4, 0.5) is 0 Å². The van der Waals surface area contributed by atoms with Gasteiger partial charge >= 0.3 is 0 Å². The third-order valence-corrected chi connectivity index (χ3v) is 5.54. The van der Waals surface area contributed by atoms with Gasteiger partial charge in [0.15, 0.2) is 4.21 Å². The molecule has 2 heterocycles. The van der Waals surface area contributed by atoms with Gasteiger partial charge in [0.25, 0.3) is 10.0 Å². The van der Waals surface area contributed by atoms with Crippen molar-refractivity contribution in [3.05, 3.63) is 35.6 Å². The maximum Gasteiger partial charge on any atom is 0.254 e. The maximum absolute atomic E-state index is 12.2. The molecule has 0 aromatic carbocycles. The lowest BCUT2D eigenvalue weighted by Crippen LogP contribution is -2.33. The van der Waals surface area contributed by atoms with Gasteiger partial charge in [-0.25, -0.2) is 13.1 Å². The molecule has 5 nitrogen and oxygen atoms in total. The number of thiophene rings is 1. The summed E-state index contributed by atoms with van der Waals surface area (Å²) in [4.78, 5) is 0. The maximum atomic E-state index is 12.2. The number of furan rings is 1. The van der Waals surface area contributed by atoms with Crippen LogP contribution in [0, 0.1) is 0 Å². The fraction of sp³-hybridized carbons (Fsp3) is 0.333. The van der Waals surface area contributed by atoms with Crippen LogP contribution in [-0.2, 0) is 16.4 Å². The molecule has 0 radical (unpaired) electrons. The predicted octanol–water partition coefficient (Wildman–Crippen LogP) is 2.26. The van der Waals surface area contributed by atoms with Gasteiger partial charge in [-0.2, -0.15) is 0 Å². The number of ether oxygens (including phenoxy) is 1. The third kappa shape index (κ3) is 3.37. The second-order valence-corrected chi connectivity index (χ2v) is 6.91. The van der Waals surface area contributed by atoms with Crippen molar-refractivity contribution in [2.45, 2.75) is 23.6 Å². The van der Waals surface area contributed by atoms with Gasteiger partial charge in [-0.1, -0.05) is 0 Å². The van der Waals surface area contributed by atoms with Crippen LogP contribution < -0.4 is 9.46 Å². The van der Waals surface area contributed by atoms with E-state index in [2.05, 4.69) is 4.72 Å². The molecule has 0 aliphatic rings. The normalized spacial score (nSPS) is 13.4. The Hall–Kier alpha value is -1.31. The molecule has 0 fully saturated rings. The topological polar surface area (TPSA) is 68.5 Å². The molecule has 1 unspecified atom stereocenters. The van der Waals surface area contributed by atoms with Crippen LogP contribution in [0.15, 0.2) is 38.5 Å². The van der Waals surface area contributed by atoms with E-state index in [1.54, 1.807) is 30.7 Å². The van der Waals surface area contributed by atoms with E-state index >= 15 is 0 Å². The Morgan fingerprint density at radius 2 is 2.26 bits per heavy atom. The van der Waals surface area contributed by atoms with E-state index < -0.39 is 10.0 Å². The summed E-state index contributed by atoms with van der Waals surface area (Å²) in [5, 5.41) is 1.69. The Morgan fingerprint density at radius 3 is 2.89 bits per heavy atom. The predicted molar refractivity (Wildman–Crippen MR) is 73.1 cm³/mol. The van der Waals surface area contributed by atoms with Crippen LogP contribution in [0.25, 0.3) is 0 Å². The fourth-order valence-electron chi connectivity index (χ4n) is 1.72. The molecule has 7 heteroatoms. The van der Waals surface area contributed by atoms with E-state index in [-0.39, 0.29) is 10.3 Å². The van der Waals surface area contributed by atoms with Gasteiger partial charge in [-0.05, 0) is 30.5 Å². The molecule has 1 N–H and O–H groups in total. The van der Waals surface area contributed by atoms with Crippen LogP contribution >= 0.6 is 11.3 Å². The van der Waals surface area contributed by atoms with Crippen molar-refractivity contribution >= 4 is 21.4 Å². The lowest BCUT2D eigenvalue weighted by atomic mass is 10.2. The van der Waals surface area contributed by atoms with Crippen LogP contribution in [0.5, 0.6) is 5.75 Å². The van der Waals surface area contributed by atoms with E-state index in [1.165, 1.54) is 7.11 Å². The summed E-state index contributed by atoms with van der Waals surface area (Å²) in [5.74, 6) is 1.11. The number of hydrogen-bond donors (Lipinski definition) is 1. The molecular formula is C12H15NO4S2. The lowest BCUT2D eigenvalue weighted by molar-refractivity contribution is 0.406. The second-order valence-electron chi connectivity index (χ2n) is 4.08. The van der Waals surface area contributed by atoms with E-state index in [0.717, 1.165) is 17.1 Å². The molecule has 19 heavy (non-hydrogen) atoms. The summed E-state index contributed by atoms with van der Waals surface area (Å²) in [6.07, 6.45) is 2.07. The van der Waals surface area contributed by atoms with Crippen molar-refractivity contribution in [3.8, 4) is 5.75 Å². The molecule has 0 amide bonds. The van der Waals surface area contributed by atoms with Gasteiger partial charge < -0.3 is 9.15 Å². The summed E-state index contributed by atoms with van der Waals surface area (Å²) in [7, 11) is -2.11. The molecule has 0 bridgehead atoms. The lowest BCUT2D eigenvalue weighted by Gasteiger charge is -2.12. The first-order valence-corrected chi connectivity index (χ1v) is 8.05. The average Bonchev–Trinajstić information content (AvgIpc) is 2.97. The zero-order valence-corrected chi connectivity index (χ0v) is 12.3. The Morgan fingerprint density at radius 1 is 1.47 bits per heavy atom. The Balaban J connectivity index is 2.09. The minimum atomic E-state index is -3.56. The van der Waals surface area contributed by atoms with Crippen LogP contribution in [0.3, 0.4) is 0 Å². The van der Waals surface area contributed by atoms with Crippen LogP contribution in [0.1, 0.15) is 12.7 Å². The molecular weight excluding hydrogens is 286 g/mol. The van der Waals surface area contributed by atoms with Crippen LogP contribution in [0.2, 0.25) is 0 Å². The quantitative estimate of drug-likeness (QED) is 0.888. The van der Waals surface area contributed by atoms with Crippen molar-refractivity contribution in [1.29, 1.82) is 0 Å². The number of hydrogen-bond acceptors (Lipinski definition) is 5. The Bertz CT molecular complexity index is 616. The van der Waals surface area contributed by atoms with Gasteiger partial charge in [0.1, 0.15) is 11.5 Å². The second kappa shape index (κ2) is 5.77. The monoisotopic (exact) mass is 301 g/mol. The van der Waals surface area contributed by atoms with Gasteiger partial charge in [0.05, 0.1) is 13.4 Å². The smallest absolute Gasteiger partial charge is 0.254 e. The average molecular weight is 301 g/mol. The number of nitrogens with one attached hydrogen (secondary N) is 1. The number of methoxy groups -OCH3 is 1. The van der Waals surface area contributed by atoms with E-state index in [1.807, 2.05) is 6.07 Å². The molecule has 0 aliphatic carbocycles. The molecule has 1 atom stereocenters. The van der Waals surface area contributed by atoms with Crippen molar-refractivity contribution in [2.75, 3.05) is 7.11 Å². The zero-order valence-electron chi connectivity index (χ0n) is 10.6. The van der Waals surface area contributed by atoms with E-state index in [0.29, 0.717) is 12.2 Å². The first kappa shape index (κ1) is 14.1. The van der Waals surface area contributed by atoms with Crippen molar-refractivity contribution < 1.29 is 17.6 Å². The number of rotatable bonds is 6. The molecule has 2 aromatic rings. The largest absolute Gasteiger partial charge is 0.494 e. The molecule has 0 aliphatic heterocycles. The molecule has 0 saturated heterocycles. The van der Waals surface area contributed by atoms with Crippen molar-refractivity contribution in [1.82, 2.24) is 4.72 Å². The van der Waals surface area contributed by atoms with Crippen molar-refractivity contribution in [2.24, 2.45) is 0 Å². The molecule has 0 spiro atoms. The molecule has 2 rings (SSSR count). The molecule has 2 aromatic heterocycles. The molecule has 104 valence electrons. The minimum absolute atomic E-state index is 0.196. The highest BCUT2D eigenvalue weighted by atomic mass is 32.2. The van der Waals surface area contributed by atoms with Gasteiger partial charge in [-0.3, -0.25) is 0 Å². The first-order valence-electron chi connectivity index (χ1n) is 5.69. The van der Waals surface area contributed by atoms with Gasteiger partial charge in [0.2, 0.25) is 0 Å². The van der Waals surface area contributed by atoms with Gasteiger partial charge in [0, 0.05) is 12.5 Å². The minimum Gasteiger partial charge on any atom is -0.494 e. The summed E-state index contributed by atoms with van der Waals surface area (Å²) >= 11 is 1.13. The standard InChI is InChI=1S/C12H15NO4S2/c1-9(8-10-4-3-6-17-10)13-19(14,15)12-11(16-2)5-7-18-12/h3-7,9,13H,8H2,1-2H3. The zero-order chi connectivity index (χ0) is 13.9. The number of sulfonamides is 1. The van der Waals surface area contributed by atoms with Crippen molar-refractivity contribution in [3.63, 3.8) is 0 Å². The Labute approximate surface area is 116 Å². The summed E-state index contributed by atoms with van der Waals surface area (Å²) in [6, 6.07) is 4.97.